The van der Waals surface area contributed by atoms with Crippen molar-refractivity contribution in [1.29, 1.82) is 0 Å². The third kappa shape index (κ3) is 5.82. The fraction of sp³-hybridized carbons (Fsp3) is 0.529. The molecule has 1 aliphatic rings. The molecule has 138 valence electrons. The molecule has 3 N–H and O–H groups in total. The third-order valence-electron chi connectivity index (χ3n) is 4.02. The van der Waals surface area contributed by atoms with E-state index in [4.69, 9.17) is 5.11 Å². The minimum absolute atomic E-state index is 0.0523. The number of aliphatic carboxylic acids is 1. The molecule has 1 saturated carbocycles. The number of nitrogens with one attached hydrogen (secondary N) is 2. The normalized spacial score (nSPS) is 15.8. The average Bonchev–Trinajstić information content (AvgIpc) is 3.33. The minimum atomic E-state index is -3.47. The summed E-state index contributed by atoms with van der Waals surface area (Å²) in [5, 5.41) is 11.6. The van der Waals surface area contributed by atoms with Gasteiger partial charge in [-0.3, -0.25) is 4.79 Å². The van der Waals surface area contributed by atoms with Gasteiger partial charge in [-0.1, -0.05) is 26.0 Å². The zero-order chi connectivity index (χ0) is 18.6. The van der Waals surface area contributed by atoms with Crippen LogP contribution in [0.3, 0.4) is 0 Å². The van der Waals surface area contributed by atoms with Gasteiger partial charge in [0.15, 0.2) is 0 Å². The number of hydrogen-bond acceptors (Lipinski definition) is 4. The van der Waals surface area contributed by atoms with E-state index in [1.54, 1.807) is 26.0 Å². The fourth-order valence-corrected chi connectivity index (χ4v) is 3.65. The van der Waals surface area contributed by atoms with Gasteiger partial charge >= 0.3 is 5.97 Å². The highest BCUT2D eigenvalue weighted by Gasteiger charge is 2.28. The Morgan fingerprint density at radius 3 is 2.28 bits per heavy atom. The Bertz CT molecular complexity index is 724. The molecule has 1 amide bonds. The van der Waals surface area contributed by atoms with Crippen LogP contribution in [0.25, 0.3) is 0 Å². The summed E-state index contributed by atoms with van der Waals surface area (Å²) >= 11 is 0. The number of hydrogen-bond donors (Lipinski definition) is 3. The molecule has 1 atom stereocenters. The molecule has 0 aliphatic heterocycles. The number of carboxylic acids is 1. The van der Waals surface area contributed by atoms with E-state index in [-0.39, 0.29) is 29.2 Å². The van der Waals surface area contributed by atoms with E-state index in [9.17, 15) is 18.0 Å². The molecular formula is C17H24N2O5S. The number of aryl methyl sites for hydroxylation is 1. The van der Waals surface area contributed by atoms with Crippen molar-refractivity contribution in [2.24, 2.45) is 5.92 Å². The highest BCUT2D eigenvalue weighted by molar-refractivity contribution is 7.89. The van der Waals surface area contributed by atoms with Crippen LogP contribution in [0.4, 0.5) is 0 Å². The van der Waals surface area contributed by atoms with Gasteiger partial charge in [0.1, 0.15) is 6.04 Å². The van der Waals surface area contributed by atoms with Gasteiger partial charge in [0.05, 0.1) is 4.90 Å². The number of carbonyl (C=O) groups excluding carboxylic acids is 1. The van der Waals surface area contributed by atoms with Crippen molar-refractivity contribution in [1.82, 2.24) is 10.0 Å². The second-order valence-corrected chi connectivity index (χ2v) is 8.38. The van der Waals surface area contributed by atoms with E-state index in [1.807, 2.05) is 0 Å². The number of carbonyl (C=O) groups is 2. The summed E-state index contributed by atoms with van der Waals surface area (Å²) in [6.45, 7) is 3.46. The van der Waals surface area contributed by atoms with Crippen LogP contribution < -0.4 is 10.0 Å². The highest BCUT2D eigenvalue weighted by atomic mass is 32.2. The number of amides is 1. The predicted octanol–water partition coefficient (Wildman–Crippen LogP) is 1.29. The number of rotatable bonds is 9. The third-order valence-corrected chi connectivity index (χ3v) is 5.56. The second-order valence-electron chi connectivity index (χ2n) is 6.67. The quantitative estimate of drug-likeness (QED) is 0.608. The summed E-state index contributed by atoms with van der Waals surface area (Å²) in [7, 11) is -3.47. The van der Waals surface area contributed by atoms with Crippen LogP contribution in [-0.2, 0) is 26.0 Å². The molecule has 1 aromatic rings. The maximum atomic E-state index is 12.1. The van der Waals surface area contributed by atoms with Crippen LogP contribution >= 0.6 is 0 Å². The smallest absolute Gasteiger partial charge is 0.326 e. The predicted molar refractivity (Wildman–Crippen MR) is 92.5 cm³/mol. The van der Waals surface area contributed by atoms with E-state index in [1.165, 1.54) is 12.1 Å². The fourth-order valence-electron chi connectivity index (χ4n) is 2.34. The van der Waals surface area contributed by atoms with Gasteiger partial charge in [-0.2, -0.15) is 0 Å². The Balaban J connectivity index is 1.88. The standard InChI is InChI=1S/C17H24N2O5S/c1-11(2)16(17(21)22)18-15(20)10-5-12-3-8-14(9-4-12)25(23,24)19-13-6-7-13/h3-4,8-9,11,13,16,19H,5-7,10H2,1-2H3,(H,18,20)(H,21,22)/t16-/m1/s1. The summed E-state index contributed by atoms with van der Waals surface area (Å²) in [5.41, 5.74) is 0.817. The van der Waals surface area contributed by atoms with Crippen LogP contribution in [0.5, 0.6) is 0 Å². The average molecular weight is 368 g/mol. The van der Waals surface area contributed by atoms with Crippen molar-refractivity contribution >= 4 is 21.9 Å². The molecule has 0 unspecified atom stereocenters. The number of carboxylic acid groups (broad SMARTS) is 1. The number of sulfonamides is 1. The summed E-state index contributed by atoms with van der Waals surface area (Å²) in [6.07, 6.45) is 2.30. The van der Waals surface area contributed by atoms with Crippen LogP contribution in [-0.4, -0.2) is 37.5 Å². The van der Waals surface area contributed by atoms with Gasteiger partial charge in [0, 0.05) is 12.5 Å². The van der Waals surface area contributed by atoms with E-state index < -0.39 is 22.0 Å². The zero-order valence-corrected chi connectivity index (χ0v) is 15.2. The van der Waals surface area contributed by atoms with Crippen LogP contribution in [0.1, 0.15) is 38.7 Å². The lowest BCUT2D eigenvalue weighted by atomic mass is 10.0. The lowest BCUT2D eigenvalue weighted by molar-refractivity contribution is -0.143. The van der Waals surface area contributed by atoms with Crippen LogP contribution in [0, 0.1) is 5.92 Å². The van der Waals surface area contributed by atoms with Gasteiger partial charge in [0.25, 0.3) is 0 Å². The molecule has 1 fully saturated rings. The molecule has 8 heteroatoms. The molecule has 0 radical (unpaired) electrons. The molecule has 2 rings (SSSR count). The molecule has 25 heavy (non-hydrogen) atoms. The zero-order valence-electron chi connectivity index (χ0n) is 14.4. The number of benzene rings is 1. The molecular weight excluding hydrogens is 344 g/mol. The first-order valence-corrected chi connectivity index (χ1v) is 9.81. The van der Waals surface area contributed by atoms with E-state index >= 15 is 0 Å². The van der Waals surface area contributed by atoms with Crippen molar-refractivity contribution in [3.63, 3.8) is 0 Å². The molecule has 1 aliphatic carbocycles. The van der Waals surface area contributed by atoms with Gasteiger partial charge in [-0.25, -0.2) is 17.9 Å². The Labute approximate surface area is 147 Å². The highest BCUT2D eigenvalue weighted by Crippen LogP contribution is 2.22. The van der Waals surface area contributed by atoms with Crippen LogP contribution in [0.15, 0.2) is 29.2 Å². The molecule has 0 aromatic heterocycles. The Morgan fingerprint density at radius 1 is 1.20 bits per heavy atom. The molecule has 1 aromatic carbocycles. The Kier molecular flexibility index (Phi) is 6.18. The molecule has 0 spiro atoms. The Morgan fingerprint density at radius 2 is 1.80 bits per heavy atom. The van der Waals surface area contributed by atoms with Gasteiger partial charge < -0.3 is 10.4 Å². The lowest BCUT2D eigenvalue weighted by Crippen LogP contribution is -2.44. The SMILES string of the molecule is CC(C)[C@@H](NC(=O)CCc1ccc(S(=O)(=O)NC2CC2)cc1)C(=O)O. The van der Waals surface area contributed by atoms with Gasteiger partial charge in [0.2, 0.25) is 15.9 Å². The van der Waals surface area contributed by atoms with Gasteiger partial charge in [-0.15, -0.1) is 0 Å². The minimum Gasteiger partial charge on any atom is -0.480 e. The molecule has 7 nitrogen and oxygen atoms in total. The molecule has 0 saturated heterocycles. The maximum absolute atomic E-state index is 12.1. The summed E-state index contributed by atoms with van der Waals surface area (Å²) in [5.74, 6) is -1.60. The first kappa shape index (κ1) is 19.4. The second kappa shape index (κ2) is 7.97. The Hall–Kier alpha value is -1.93. The maximum Gasteiger partial charge on any atom is 0.326 e. The van der Waals surface area contributed by atoms with Gasteiger partial charge in [-0.05, 0) is 42.9 Å². The molecule has 0 bridgehead atoms. The first-order valence-electron chi connectivity index (χ1n) is 8.32. The van der Waals surface area contributed by atoms with E-state index in [0.717, 1.165) is 18.4 Å². The largest absolute Gasteiger partial charge is 0.480 e. The summed E-state index contributed by atoms with van der Waals surface area (Å²) in [4.78, 5) is 23.2. The van der Waals surface area contributed by atoms with Crippen molar-refractivity contribution in [2.45, 2.75) is 56.5 Å². The summed E-state index contributed by atoms with van der Waals surface area (Å²) < 4.78 is 26.8. The molecule has 0 heterocycles. The van der Waals surface area contributed by atoms with Crippen molar-refractivity contribution in [2.75, 3.05) is 0 Å². The van der Waals surface area contributed by atoms with Crippen molar-refractivity contribution < 1.29 is 23.1 Å². The summed E-state index contributed by atoms with van der Waals surface area (Å²) in [6, 6.07) is 5.53. The monoisotopic (exact) mass is 368 g/mol. The van der Waals surface area contributed by atoms with Crippen LogP contribution in [0.2, 0.25) is 0 Å². The topological polar surface area (TPSA) is 113 Å². The van der Waals surface area contributed by atoms with Crippen molar-refractivity contribution in [3.05, 3.63) is 29.8 Å². The van der Waals surface area contributed by atoms with Crippen molar-refractivity contribution in [3.8, 4) is 0 Å². The van der Waals surface area contributed by atoms with E-state index in [2.05, 4.69) is 10.0 Å². The first-order chi connectivity index (χ1) is 11.7. The van der Waals surface area contributed by atoms with E-state index in [0.29, 0.717) is 6.42 Å². The lowest BCUT2D eigenvalue weighted by Gasteiger charge is -2.17.